The number of benzene rings is 1. The van der Waals surface area contributed by atoms with Crippen molar-refractivity contribution >= 4 is 17.5 Å². The summed E-state index contributed by atoms with van der Waals surface area (Å²) in [4.78, 5) is 28.0. The third-order valence-corrected chi connectivity index (χ3v) is 4.75. The molecule has 1 aliphatic heterocycles. The molecule has 0 saturated carbocycles. The summed E-state index contributed by atoms with van der Waals surface area (Å²) in [6.45, 7) is 1.91. The highest BCUT2D eigenvalue weighted by molar-refractivity contribution is 6.31. The number of carbonyl (C=O) groups is 1. The highest BCUT2D eigenvalue weighted by Crippen LogP contribution is 2.31. The van der Waals surface area contributed by atoms with Gasteiger partial charge in [-0.1, -0.05) is 17.7 Å². The van der Waals surface area contributed by atoms with Crippen molar-refractivity contribution in [2.24, 2.45) is 0 Å². The van der Waals surface area contributed by atoms with E-state index in [9.17, 15) is 14.0 Å². The fourth-order valence-corrected chi connectivity index (χ4v) is 3.43. The molecule has 2 heterocycles. The number of halogens is 2. The largest absolute Gasteiger partial charge is 0.350 e. The maximum atomic E-state index is 14.4. The van der Waals surface area contributed by atoms with E-state index < -0.39 is 0 Å². The molecule has 3 rings (SSSR count). The SMILES string of the molecule is O=C(NCC(c1c(F)cccc1Cl)N1CCCC1)c1ccc(=O)[nH]c1. The van der Waals surface area contributed by atoms with Crippen molar-refractivity contribution in [2.45, 2.75) is 18.9 Å². The van der Waals surface area contributed by atoms with Gasteiger partial charge in [-0.2, -0.15) is 0 Å². The molecule has 0 spiro atoms. The summed E-state index contributed by atoms with van der Waals surface area (Å²) in [6.07, 6.45) is 3.44. The predicted molar refractivity (Wildman–Crippen MR) is 94.4 cm³/mol. The van der Waals surface area contributed by atoms with E-state index in [1.807, 2.05) is 0 Å². The molecular weight excluding hydrogens is 345 g/mol. The van der Waals surface area contributed by atoms with Gasteiger partial charge in [-0.05, 0) is 44.1 Å². The van der Waals surface area contributed by atoms with Crippen LogP contribution in [0.1, 0.15) is 34.8 Å². The molecule has 7 heteroatoms. The first-order valence-corrected chi connectivity index (χ1v) is 8.59. The Bertz CT molecular complexity index is 777. The molecule has 1 aromatic carbocycles. The third-order valence-electron chi connectivity index (χ3n) is 4.42. The van der Waals surface area contributed by atoms with Gasteiger partial charge in [-0.15, -0.1) is 0 Å². The van der Waals surface area contributed by atoms with E-state index in [0.29, 0.717) is 16.1 Å². The van der Waals surface area contributed by atoms with Crippen LogP contribution in [0.15, 0.2) is 41.3 Å². The normalized spacial score (nSPS) is 15.9. The molecule has 2 N–H and O–H groups in total. The summed E-state index contributed by atoms with van der Waals surface area (Å²) in [5.74, 6) is -0.699. The number of amides is 1. The van der Waals surface area contributed by atoms with Gasteiger partial charge in [-0.3, -0.25) is 14.5 Å². The molecule has 2 aromatic rings. The molecule has 1 saturated heterocycles. The topological polar surface area (TPSA) is 65.2 Å². The van der Waals surface area contributed by atoms with E-state index >= 15 is 0 Å². The maximum absolute atomic E-state index is 14.4. The van der Waals surface area contributed by atoms with Gasteiger partial charge >= 0.3 is 0 Å². The van der Waals surface area contributed by atoms with Crippen molar-refractivity contribution in [1.82, 2.24) is 15.2 Å². The summed E-state index contributed by atoms with van der Waals surface area (Å²) < 4.78 is 14.4. The molecular formula is C18H19ClFN3O2. The highest BCUT2D eigenvalue weighted by Gasteiger charge is 2.28. The Labute approximate surface area is 149 Å². The van der Waals surface area contributed by atoms with Gasteiger partial charge in [0.05, 0.1) is 11.6 Å². The fraction of sp³-hybridized carbons (Fsp3) is 0.333. The molecule has 1 atom stereocenters. The minimum absolute atomic E-state index is 0.235. The lowest BCUT2D eigenvalue weighted by Crippen LogP contribution is -2.37. The first kappa shape index (κ1) is 17.6. The first-order chi connectivity index (χ1) is 12.1. The smallest absolute Gasteiger partial charge is 0.252 e. The van der Waals surface area contributed by atoms with Crippen molar-refractivity contribution in [2.75, 3.05) is 19.6 Å². The minimum atomic E-state index is -0.373. The van der Waals surface area contributed by atoms with E-state index in [1.54, 1.807) is 12.1 Å². The average molecular weight is 364 g/mol. The van der Waals surface area contributed by atoms with Crippen LogP contribution in [0.4, 0.5) is 4.39 Å². The average Bonchev–Trinajstić information content (AvgIpc) is 3.12. The van der Waals surface area contributed by atoms with Crippen LogP contribution in [0, 0.1) is 5.82 Å². The van der Waals surface area contributed by atoms with Crippen LogP contribution >= 0.6 is 11.6 Å². The van der Waals surface area contributed by atoms with Gasteiger partial charge in [0.25, 0.3) is 5.91 Å². The Morgan fingerprint density at radius 1 is 1.28 bits per heavy atom. The summed E-state index contributed by atoms with van der Waals surface area (Å²) in [7, 11) is 0. The lowest BCUT2D eigenvalue weighted by Gasteiger charge is -2.29. The zero-order chi connectivity index (χ0) is 17.8. The van der Waals surface area contributed by atoms with Crippen molar-refractivity contribution < 1.29 is 9.18 Å². The Morgan fingerprint density at radius 2 is 2.04 bits per heavy atom. The van der Waals surface area contributed by atoms with E-state index in [4.69, 9.17) is 11.6 Å². The van der Waals surface area contributed by atoms with E-state index in [0.717, 1.165) is 25.9 Å². The number of aromatic nitrogens is 1. The van der Waals surface area contributed by atoms with Gasteiger partial charge in [0.2, 0.25) is 5.56 Å². The molecule has 5 nitrogen and oxygen atoms in total. The number of aromatic amines is 1. The molecule has 1 amide bonds. The second-order valence-corrected chi connectivity index (χ2v) is 6.45. The second kappa shape index (κ2) is 7.80. The van der Waals surface area contributed by atoms with Crippen molar-refractivity contribution in [3.63, 3.8) is 0 Å². The number of hydrogen-bond donors (Lipinski definition) is 2. The van der Waals surface area contributed by atoms with Gasteiger partial charge in [0.1, 0.15) is 5.82 Å². The number of pyridine rings is 1. The number of hydrogen-bond acceptors (Lipinski definition) is 3. The maximum Gasteiger partial charge on any atom is 0.252 e. The van der Waals surface area contributed by atoms with Crippen molar-refractivity contribution in [1.29, 1.82) is 0 Å². The van der Waals surface area contributed by atoms with Crippen LogP contribution in [0.25, 0.3) is 0 Å². The standard InChI is InChI=1S/C18H19ClFN3O2/c19-13-4-3-5-14(20)17(13)15(23-8-1-2-9-23)11-22-18(25)12-6-7-16(24)21-10-12/h3-7,10,15H,1-2,8-9,11H2,(H,21,24)(H,22,25). The molecule has 132 valence electrons. The Hall–Kier alpha value is -2.18. The zero-order valence-corrected chi connectivity index (χ0v) is 14.4. The number of nitrogens with zero attached hydrogens (tertiary/aromatic N) is 1. The lowest BCUT2D eigenvalue weighted by molar-refractivity contribution is 0.0936. The summed E-state index contributed by atoms with van der Waals surface area (Å²) in [5.41, 5.74) is 0.483. The van der Waals surface area contributed by atoms with Crippen LogP contribution in [-0.2, 0) is 0 Å². The van der Waals surface area contributed by atoms with Gasteiger partial charge in [0, 0.05) is 29.4 Å². The third kappa shape index (κ3) is 4.08. The molecule has 1 aromatic heterocycles. The van der Waals surface area contributed by atoms with Crippen LogP contribution in [0.5, 0.6) is 0 Å². The number of carbonyl (C=O) groups excluding carboxylic acids is 1. The van der Waals surface area contributed by atoms with Crippen LogP contribution in [0.3, 0.4) is 0 Å². The van der Waals surface area contributed by atoms with Crippen molar-refractivity contribution in [3.05, 3.63) is 68.8 Å². The van der Waals surface area contributed by atoms with Gasteiger partial charge in [-0.25, -0.2) is 4.39 Å². The van der Waals surface area contributed by atoms with Gasteiger partial charge < -0.3 is 10.3 Å². The quantitative estimate of drug-likeness (QED) is 0.858. The molecule has 0 bridgehead atoms. The molecule has 1 unspecified atom stereocenters. The van der Waals surface area contributed by atoms with E-state index in [2.05, 4.69) is 15.2 Å². The summed E-state index contributed by atoms with van der Waals surface area (Å²) >= 11 is 6.23. The Morgan fingerprint density at radius 3 is 2.68 bits per heavy atom. The Balaban J connectivity index is 1.80. The van der Waals surface area contributed by atoms with E-state index in [-0.39, 0.29) is 29.9 Å². The fourth-order valence-electron chi connectivity index (χ4n) is 3.14. The first-order valence-electron chi connectivity index (χ1n) is 8.21. The molecule has 0 aliphatic carbocycles. The monoisotopic (exact) mass is 363 g/mol. The minimum Gasteiger partial charge on any atom is -0.350 e. The number of rotatable bonds is 5. The van der Waals surface area contributed by atoms with Crippen molar-refractivity contribution in [3.8, 4) is 0 Å². The number of H-pyrrole nitrogens is 1. The zero-order valence-electron chi connectivity index (χ0n) is 13.6. The highest BCUT2D eigenvalue weighted by atomic mass is 35.5. The lowest BCUT2D eigenvalue weighted by atomic mass is 10.0. The van der Waals surface area contributed by atoms with Crippen LogP contribution < -0.4 is 10.9 Å². The summed E-state index contributed by atoms with van der Waals surface area (Å²) in [6, 6.07) is 7.03. The molecule has 0 radical (unpaired) electrons. The van der Waals surface area contributed by atoms with E-state index in [1.165, 1.54) is 24.4 Å². The van der Waals surface area contributed by atoms with Crippen LogP contribution in [0.2, 0.25) is 5.02 Å². The molecule has 1 fully saturated rings. The number of likely N-dealkylation sites (tertiary alicyclic amines) is 1. The molecule has 25 heavy (non-hydrogen) atoms. The molecule has 1 aliphatic rings. The number of nitrogens with one attached hydrogen (secondary N) is 2. The second-order valence-electron chi connectivity index (χ2n) is 6.05. The summed E-state index contributed by atoms with van der Waals surface area (Å²) in [5, 5.41) is 3.18. The predicted octanol–water partition coefficient (Wildman–Crippen LogP) is 2.73. The Kier molecular flexibility index (Phi) is 5.50. The van der Waals surface area contributed by atoms with Crippen LogP contribution in [-0.4, -0.2) is 35.4 Å². The van der Waals surface area contributed by atoms with Gasteiger partial charge in [0.15, 0.2) is 0 Å².